The molecule has 32 heavy (non-hydrogen) atoms. The van der Waals surface area contributed by atoms with E-state index in [-0.39, 0.29) is 30.1 Å². The highest BCUT2D eigenvalue weighted by atomic mass is 127. The summed E-state index contributed by atoms with van der Waals surface area (Å²) in [6, 6.07) is 22.3. The Bertz CT molecular complexity index is 832. The summed E-state index contributed by atoms with van der Waals surface area (Å²) in [4.78, 5) is 7.06. The van der Waals surface area contributed by atoms with Gasteiger partial charge in [-0.25, -0.2) is 0 Å². The predicted octanol–water partition coefficient (Wildman–Crippen LogP) is 4.60. The zero-order valence-corrected chi connectivity index (χ0v) is 21.6. The molecule has 0 aliphatic carbocycles. The highest BCUT2D eigenvalue weighted by molar-refractivity contribution is 14.0. The van der Waals surface area contributed by atoms with Gasteiger partial charge in [0.15, 0.2) is 5.96 Å². The van der Waals surface area contributed by atoms with Gasteiger partial charge >= 0.3 is 0 Å². The molecule has 2 N–H and O–H groups in total. The van der Waals surface area contributed by atoms with Gasteiger partial charge in [-0.1, -0.05) is 60.7 Å². The zero-order chi connectivity index (χ0) is 21.5. The number of likely N-dealkylation sites (tertiary alicyclic amines) is 1. The molecule has 0 aromatic heterocycles. The quantitative estimate of drug-likeness (QED) is 0.315. The molecule has 2 aliphatic heterocycles. The van der Waals surface area contributed by atoms with Crippen molar-refractivity contribution in [1.29, 1.82) is 0 Å². The van der Waals surface area contributed by atoms with Crippen LogP contribution in [0.5, 0.6) is 0 Å². The van der Waals surface area contributed by atoms with Crippen LogP contribution in [0.25, 0.3) is 0 Å². The normalized spacial score (nSPS) is 26.4. The smallest absolute Gasteiger partial charge is 0.191 e. The third-order valence-corrected chi connectivity index (χ3v) is 6.60. The van der Waals surface area contributed by atoms with Gasteiger partial charge in [0, 0.05) is 51.3 Å². The Kier molecular flexibility index (Phi) is 9.81. The van der Waals surface area contributed by atoms with Crippen LogP contribution in [-0.4, -0.2) is 49.7 Å². The lowest BCUT2D eigenvalue weighted by Crippen LogP contribution is -2.46. The maximum Gasteiger partial charge on any atom is 0.191 e. The number of aliphatic imine (C=N–C) groups is 1. The number of guanidine groups is 1. The van der Waals surface area contributed by atoms with Gasteiger partial charge in [-0.15, -0.1) is 24.0 Å². The van der Waals surface area contributed by atoms with Crippen molar-refractivity contribution in [3.8, 4) is 0 Å². The number of ether oxygens (including phenoxy) is 1. The first-order valence-corrected chi connectivity index (χ1v) is 11.6. The minimum Gasteiger partial charge on any atom is -0.373 e. The number of rotatable bonds is 6. The molecule has 0 spiro atoms. The SMILES string of the molecule is CN=C(NCC1CCCOC1c1ccccc1)NC1CC(C)N(Cc2ccccc2)C1.I. The summed E-state index contributed by atoms with van der Waals surface area (Å²) in [5.41, 5.74) is 2.65. The zero-order valence-electron chi connectivity index (χ0n) is 19.2. The lowest BCUT2D eigenvalue weighted by molar-refractivity contribution is -0.0265. The fraction of sp³-hybridized carbons (Fsp3) is 0.500. The number of nitrogens with zero attached hydrogens (tertiary/aromatic N) is 2. The molecule has 2 fully saturated rings. The fourth-order valence-corrected chi connectivity index (χ4v) is 4.92. The topological polar surface area (TPSA) is 48.9 Å². The van der Waals surface area contributed by atoms with E-state index in [9.17, 15) is 0 Å². The second-order valence-corrected chi connectivity index (χ2v) is 8.90. The van der Waals surface area contributed by atoms with Crippen LogP contribution in [0.4, 0.5) is 0 Å². The maximum absolute atomic E-state index is 6.15. The van der Waals surface area contributed by atoms with Crippen molar-refractivity contribution in [3.05, 3.63) is 71.8 Å². The molecule has 0 bridgehead atoms. The van der Waals surface area contributed by atoms with Gasteiger partial charge in [-0.05, 0) is 37.3 Å². The van der Waals surface area contributed by atoms with E-state index in [0.717, 1.165) is 45.0 Å². The highest BCUT2D eigenvalue weighted by Gasteiger charge is 2.30. The van der Waals surface area contributed by atoms with Gasteiger partial charge in [0.25, 0.3) is 0 Å². The second kappa shape index (κ2) is 12.6. The summed E-state index contributed by atoms with van der Waals surface area (Å²) in [6.07, 6.45) is 3.59. The first-order valence-electron chi connectivity index (χ1n) is 11.6. The monoisotopic (exact) mass is 548 g/mol. The number of benzene rings is 2. The van der Waals surface area contributed by atoms with E-state index < -0.39 is 0 Å². The summed E-state index contributed by atoms with van der Waals surface area (Å²) in [5, 5.41) is 7.25. The summed E-state index contributed by atoms with van der Waals surface area (Å²) in [7, 11) is 1.86. The van der Waals surface area contributed by atoms with Crippen LogP contribution in [-0.2, 0) is 11.3 Å². The Labute approximate surface area is 210 Å². The van der Waals surface area contributed by atoms with Crippen molar-refractivity contribution >= 4 is 29.9 Å². The molecule has 0 saturated carbocycles. The standard InChI is InChI=1S/C26H36N4O.HI/c1-20-16-24(19-30(20)18-21-10-5-3-6-11-21)29-26(27-2)28-17-23-14-9-15-31-25(23)22-12-7-4-8-13-22;/h3-8,10-13,20,23-25H,9,14-19H2,1-2H3,(H2,27,28,29);1H. The average Bonchev–Trinajstić information content (AvgIpc) is 3.16. The van der Waals surface area contributed by atoms with Crippen LogP contribution in [0.3, 0.4) is 0 Å². The van der Waals surface area contributed by atoms with E-state index in [4.69, 9.17) is 4.74 Å². The van der Waals surface area contributed by atoms with Gasteiger partial charge in [0.2, 0.25) is 0 Å². The molecule has 5 nitrogen and oxygen atoms in total. The Morgan fingerprint density at radius 1 is 1.09 bits per heavy atom. The van der Waals surface area contributed by atoms with Crippen molar-refractivity contribution in [1.82, 2.24) is 15.5 Å². The van der Waals surface area contributed by atoms with Crippen molar-refractivity contribution in [2.45, 2.75) is 50.9 Å². The van der Waals surface area contributed by atoms with E-state index in [0.29, 0.717) is 18.0 Å². The van der Waals surface area contributed by atoms with Crippen molar-refractivity contribution in [2.75, 3.05) is 26.7 Å². The van der Waals surface area contributed by atoms with E-state index in [1.807, 2.05) is 7.05 Å². The second-order valence-electron chi connectivity index (χ2n) is 8.90. The molecular formula is C26H37IN4O. The molecule has 6 heteroatoms. The van der Waals surface area contributed by atoms with Gasteiger partial charge in [-0.3, -0.25) is 9.89 Å². The molecule has 4 rings (SSSR count). The lowest BCUT2D eigenvalue weighted by atomic mass is 9.89. The summed E-state index contributed by atoms with van der Waals surface area (Å²) in [6.45, 7) is 6.08. The Morgan fingerprint density at radius 2 is 1.81 bits per heavy atom. The average molecular weight is 549 g/mol. The van der Waals surface area contributed by atoms with Crippen molar-refractivity contribution < 1.29 is 4.74 Å². The number of halogens is 1. The molecule has 4 atom stereocenters. The van der Waals surface area contributed by atoms with E-state index in [1.165, 1.54) is 17.5 Å². The number of hydrogen-bond acceptors (Lipinski definition) is 3. The molecule has 2 saturated heterocycles. The van der Waals surface area contributed by atoms with Gasteiger partial charge in [-0.2, -0.15) is 0 Å². The Hall–Kier alpha value is -1.64. The van der Waals surface area contributed by atoms with Crippen LogP contribution in [0.2, 0.25) is 0 Å². The minimum absolute atomic E-state index is 0. The van der Waals surface area contributed by atoms with E-state index in [1.54, 1.807) is 0 Å². The first kappa shape index (κ1) is 25.0. The number of hydrogen-bond donors (Lipinski definition) is 2. The molecular weight excluding hydrogens is 511 g/mol. The van der Waals surface area contributed by atoms with E-state index >= 15 is 0 Å². The Morgan fingerprint density at radius 3 is 2.53 bits per heavy atom. The molecule has 2 aliphatic rings. The third-order valence-electron chi connectivity index (χ3n) is 6.60. The largest absolute Gasteiger partial charge is 0.373 e. The molecule has 2 aromatic carbocycles. The van der Waals surface area contributed by atoms with E-state index in [2.05, 4.69) is 88.1 Å². The summed E-state index contributed by atoms with van der Waals surface area (Å²) < 4.78 is 6.15. The molecule has 2 heterocycles. The van der Waals surface area contributed by atoms with Gasteiger partial charge in [0.05, 0.1) is 6.10 Å². The van der Waals surface area contributed by atoms with Crippen LogP contribution in [0.15, 0.2) is 65.7 Å². The molecule has 2 aromatic rings. The Balaban J connectivity index is 0.00000289. The first-order chi connectivity index (χ1) is 15.2. The predicted molar refractivity (Wildman–Crippen MR) is 142 cm³/mol. The van der Waals surface area contributed by atoms with Crippen LogP contribution >= 0.6 is 24.0 Å². The van der Waals surface area contributed by atoms with Crippen LogP contribution < -0.4 is 10.6 Å². The van der Waals surface area contributed by atoms with Crippen LogP contribution in [0, 0.1) is 5.92 Å². The van der Waals surface area contributed by atoms with Crippen molar-refractivity contribution in [3.63, 3.8) is 0 Å². The van der Waals surface area contributed by atoms with Gasteiger partial charge < -0.3 is 15.4 Å². The van der Waals surface area contributed by atoms with Crippen molar-refractivity contribution in [2.24, 2.45) is 10.9 Å². The summed E-state index contributed by atoms with van der Waals surface area (Å²) >= 11 is 0. The molecule has 174 valence electrons. The molecule has 4 unspecified atom stereocenters. The number of nitrogens with one attached hydrogen (secondary N) is 2. The summed E-state index contributed by atoms with van der Waals surface area (Å²) in [5.74, 6) is 1.35. The fourth-order valence-electron chi connectivity index (χ4n) is 4.92. The highest BCUT2D eigenvalue weighted by Crippen LogP contribution is 2.33. The maximum atomic E-state index is 6.15. The lowest BCUT2D eigenvalue weighted by Gasteiger charge is -2.33. The molecule has 0 radical (unpaired) electrons. The molecule has 0 amide bonds. The van der Waals surface area contributed by atoms with Crippen LogP contribution in [0.1, 0.15) is 43.4 Å². The third kappa shape index (κ3) is 6.68. The van der Waals surface area contributed by atoms with Gasteiger partial charge in [0.1, 0.15) is 0 Å². The minimum atomic E-state index is 0.